The monoisotopic (exact) mass is 134 g/mol. The van der Waals surface area contributed by atoms with Crippen LogP contribution in [0.15, 0.2) is 0 Å². The molecule has 1 nitrogen and oxygen atoms in total. The van der Waals surface area contributed by atoms with Crippen LogP contribution in [-0.2, 0) is 20.7 Å². The molecule has 0 bridgehead atoms. The van der Waals surface area contributed by atoms with Gasteiger partial charge in [0.2, 0.25) is 0 Å². The Bertz CT molecular complexity index is 29.6. The molecule has 0 rings (SSSR count). The van der Waals surface area contributed by atoms with Crippen LogP contribution < -0.4 is 3.80 Å². The van der Waals surface area contributed by atoms with Crippen molar-refractivity contribution in [3.8, 4) is 0 Å². The van der Waals surface area contributed by atoms with E-state index >= 15 is 0 Å². The van der Waals surface area contributed by atoms with Crippen LogP contribution in [0.2, 0.25) is 0 Å². The SMILES string of the molecule is CCC(CC)[NH][Ti]. The fraction of sp³-hybridized carbons (Fsp3) is 1.00. The average Bonchev–Trinajstić information content (AvgIpc) is 1.72. The van der Waals surface area contributed by atoms with E-state index in [1.54, 1.807) is 0 Å². The van der Waals surface area contributed by atoms with Crippen LogP contribution >= 0.6 is 0 Å². The van der Waals surface area contributed by atoms with E-state index in [2.05, 4.69) is 17.6 Å². The van der Waals surface area contributed by atoms with Crippen molar-refractivity contribution in [1.29, 1.82) is 0 Å². The van der Waals surface area contributed by atoms with Gasteiger partial charge in [0, 0.05) is 0 Å². The van der Waals surface area contributed by atoms with Gasteiger partial charge in [-0.05, 0) is 0 Å². The predicted octanol–water partition coefficient (Wildman–Crippen LogP) is 1.23. The molecule has 2 heteroatoms. The first kappa shape index (κ1) is 7.67. The Morgan fingerprint density at radius 1 is 1.43 bits per heavy atom. The standard InChI is InChI=1S/C5H12N.Ti/c1-3-5(6)4-2;/h5-6H,3-4H2,1-2H3;/q-1;+1. The van der Waals surface area contributed by atoms with Gasteiger partial charge in [0.05, 0.1) is 0 Å². The molecule has 41 valence electrons. The molecule has 0 spiro atoms. The maximum atomic E-state index is 3.20. The number of hydrogen-bond donors (Lipinski definition) is 1. The minimum absolute atomic E-state index is 0.736. The van der Waals surface area contributed by atoms with Crippen LogP contribution in [0, 0.1) is 0 Å². The van der Waals surface area contributed by atoms with Gasteiger partial charge in [-0.25, -0.2) is 0 Å². The molecule has 0 aromatic heterocycles. The molecule has 0 saturated heterocycles. The third-order valence-corrected chi connectivity index (χ3v) is 1.83. The van der Waals surface area contributed by atoms with Gasteiger partial charge in [0.1, 0.15) is 0 Å². The van der Waals surface area contributed by atoms with Gasteiger partial charge in [0.15, 0.2) is 0 Å². The maximum absolute atomic E-state index is 3.20. The molecule has 0 amide bonds. The fourth-order valence-corrected chi connectivity index (χ4v) is 1.13. The predicted molar refractivity (Wildman–Crippen MR) is 27.5 cm³/mol. The van der Waals surface area contributed by atoms with Gasteiger partial charge in [-0.1, -0.05) is 0 Å². The molecule has 0 saturated carbocycles. The van der Waals surface area contributed by atoms with Crippen molar-refractivity contribution in [1.82, 2.24) is 3.80 Å². The number of nitrogens with one attached hydrogen (secondary N) is 1. The summed E-state index contributed by atoms with van der Waals surface area (Å²) in [4.78, 5) is 0. The second-order valence-electron chi connectivity index (χ2n) is 1.66. The molecule has 0 aliphatic rings. The average molecular weight is 134 g/mol. The van der Waals surface area contributed by atoms with Crippen molar-refractivity contribution in [3.63, 3.8) is 0 Å². The van der Waals surface area contributed by atoms with Crippen molar-refractivity contribution < 1.29 is 20.7 Å². The van der Waals surface area contributed by atoms with Crippen LogP contribution in [0.5, 0.6) is 0 Å². The Kier molecular flexibility index (Phi) is 5.29. The second-order valence-corrected chi connectivity index (χ2v) is 2.11. The Morgan fingerprint density at radius 2 is 1.86 bits per heavy atom. The molecule has 0 radical (unpaired) electrons. The molecule has 0 atom stereocenters. The van der Waals surface area contributed by atoms with Crippen LogP contribution in [-0.4, -0.2) is 6.04 Å². The van der Waals surface area contributed by atoms with Crippen molar-refractivity contribution in [2.75, 3.05) is 0 Å². The van der Waals surface area contributed by atoms with Gasteiger partial charge in [0.25, 0.3) is 0 Å². The second kappa shape index (κ2) is 4.82. The zero-order chi connectivity index (χ0) is 5.70. The Hall–Kier alpha value is 0.674. The van der Waals surface area contributed by atoms with E-state index in [0.29, 0.717) is 0 Å². The molecule has 0 fully saturated rings. The van der Waals surface area contributed by atoms with E-state index in [-0.39, 0.29) is 0 Å². The molecular formula is C5H12NTi. The van der Waals surface area contributed by atoms with E-state index in [9.17, 15) is 0 Å². The van der Waals surface area contributed by atoms with E-state index in [4.69, 9.17) is 0 Å². The van der Waals surface area contributed by atoms with E-state index in [0.717, 1.165) is 6.04 Å². The molecule has 7 heavy (non-hydrogen) atoms. The van der Waals surface area contributed by atoms with Crippen molar-refractivity contribution in [3.05, 3.63) is 0 Å². The van der Waals surface area contributed by atoms with Crippen LogP contribution in [0.1, 0.15) is 26.7 Å². The van der Waals surface area contributed by atoms with E-state index in [1.807, 2.05) is 20.7 Å². The Labute approximate surface area is 57.6 Å². The summed E-state index contributed by atoms with van der Waals surface area (Å²) in [5, 5.41) is 0. The minimum atomic E-state index is 0.736. The summed E-state index contributed by atoms with van der Waals surface area (Å²) in [7, 11) is 0. The molecule has 0 unspecified atom stereocenters. The zero-order valence-electron chi connectivity index (χ0n) is 4.99. The first-order chi connectivity index (χ1) is 3.35. The molecule has 0 heterocycles. The topological polar surface area (TPSA) is 12.0 Å². The summed E-state index contributed by atoms with van der Waals surface area (Å²) in [5.74, 6) is 0. The number of hydrogen-bond acceptors (Lipinski definition) is 1. The van der Waals surface area contributed by atoms with Crippen LogP contribution in [0.25, 0.3) is 0 Å². The van der Waals surface area contributed by atoms with Gasteiger partial charge in [-0.15, -0.1) is 0 Å². The molecule has 1 N–H and O–H groups in total. The van der Waals surface area contributed by atoms with Crippen molar-refractivity contribution >= 4 is 0 Å². The summed E-state index contributed by atoms with van der Waals surface area (Å²) in [5.41, 5.74) is 0. The van der Waals surface area contributed by atoms with Crippen LogP contribution in [0.4, 0.5) is 0 Å². The van der Waals surface area contributed by atoms with Gasteiger partial charge in [-0.2, -0.15) is 0 Å². The summed E-state index contributed by atoms with van der Waals surface area (Å²) in [6.45, 7) is 4.40. The third-order valence-electron chi connectivity index (χ3n) is 1.19. The molecule has 0 aliphatic heterocycles. The normalized spacial score (nSPS) is 10.0. The van der Waals surface area contributed by atoms with Gasteiger partial charge in [-0.3, -0.25) is 0 Å². The molecule has 0 aromatic carbocycles. The number of rotatable bonds is 3. The zero-order valence-corrected chi connectivity index (χ0v) is 6.55. The third kappa shape index (κ3) is 3.27. The van der Waals surface area contributed by atoms with E-state index < -0.39 is 0 Å². The molecular weight excluding hydrogens is 122 g/mol. The Balaban J connectivity index is 2.99. The first-order valence-corrected chi connectivity index (χ1v) is 3.55. The molecule has 0 aliphatic carbocycles. The van der Waals surface area contributed by atoms with Gasteiger partial charge < -0.3 is 0 Å². The fourth-order valence-electron chi connectivity index (χ4n) is 0.493. The van der Waals surface area contributed by atoms with Crippen LogP contribution in [0.3, 0.4) is 0 Å². The first-order valence-electron chi connectivity index (χ1n) is 2.77. The Morgan fingerprint density at radius 3 is 1.86 bits per heavy atom. The van der Waals surface area contributed by atoms with Crippen molar-refractivity contribution in [2.45, 2.75) is 32.7 Å². The summed E-state index contributed by atoms with van der Waals surface area (Å²) in [6.07, 6.45) is 2.49. The summed E-state index contributed by atoms with van der Waals surface area (Å²) in [6, 6.07) is 0.736. The summed E-state index contributed by atoms with van der Waals surface area (Å²) >= 11 is 2.01. The quantitative estimate of drug-likeness (QED) is 0.572. The van der Waals surface area contributed by atoms with E-state index in [1.165, 1.54) is 12.8 Å². The van der Waals surface area contributed by atoms with Crippen molar-refractivity contribution in [2.24, 2.45) is 0 Å². The summed E-state index contributed by atoms with van der Waals surface area (Å²) < 4.78 is 3.20. The van der Waals surface area contributed by atoms with Gasteiger partial charge >= 0.3 is 57.2 Å². The molecule has 0 aromatic rings.